The molecule has 4 heteroatoms. The van der Waals surface area contributed by atoms with Gasteiger partial charge in [-0.1, -0.05) is 6.92 Å². The Kier molecular flexibility index (Phi) is 3.97. The van der Waals surface area contributed by atoms with Crippen molar-refractivity contribution >= 4 is 0 Å². The molecule has 1 aliphatic rings. The van der Waals surface area contributed by atoms with Gasteiger partial charge in [-0.25, -0.2) is 8.78 Å². The van der Waals surface area contributed by atoms with Crippen molar-refractivity contribution in [2.45, 2.75) is 44.3 Å². The molecule has 1 heterocycles. The topological polar surface area (TPSA) is 29.5 Å². The van der Waals surface area contributed by atoms with E-state index in [1.54, 1.807) is 0 Å². The largest absolute Gasteiger partial charge is 0.389 e. The predicted octanol–water partition coefficient (Wildman–Crippen LogP) is 2.83. The molecule has 0 spiro atoms. The number of ether oxygens (including phenoxy) is 1. The molecule has 2 rings (SSSR count). The van der Waals surface area contributed by atoms with Crippen LogP contribution in [0, 0.1) is 11.6 Å². The maximum Gasteiger partial charge on any atom is 0.126 e. The molecule has 2 atom stereocenters. The third kappa shape index (κ3) is 3.27. The summed E-state index contributed by atoms with van der Waals surface area (Å²) in [5.41, 5.74) is -0.425. The van der Waals surface area contributed by atoms with Crippen molar-refractivity contribution < 1.29 is 18.6 Å². The fraction of sp³-hybridized carbons (Fsp3) is 0.571. The van der Waals surface area contributed by atoms with E-state index in [2.05, 4.69) is 0 Å². The molecular formula is C14H18F2O2. The molecule has 0 radical (unpaired) electrons. The van der Waals surface area contributed by atoms with Gasteiger partial charge < -0.3 is 9.84 Å². The quantitative estimate of drug-likeness (QED) is 0.901. The molecule has 0 bridgehead atoms. The maximum atomic E-state index is 13.1. The number of aliphatic hydroxyl groups is 1. The van der Waals surface area contributed by atoms with E-state index in [0.717, 1.165) is 12.5 Å². The van der Waals surface area contributed by atoms with E-state index < -0.39 is 17.2 Å². The first-order valence-electron chi connectivity index (χ1n) is 6.30. The second kappa shape index (κ2) is 5.33. The molecule has 1 aromatic carbocycles. The monoisotopic (exact) mass is 256 g/mol. The van der Waals surface area contributed by atoms with Crippen molar-refractivity contribution in [1.29, 1.82) is 0 Å². The highest BCUT2D eigenvalue weighted by molar-refractivity contribution is 5.20. The SMILES string of the molecule is CCC1CC(O)(Cc2cc(F)cc(F)c2)CCO1. The molecule has 0 aromatic heterocycles. The van der Waals surface area contributed by atoms with Gasteiger partial charge in [0.15, 0.2) is 0 Å². The van der Waals surface area contributed by atoms with Gasteiger partial charge in [-0.05, 0) is 30.5 Å². The van der Waals surface area contributed by atoms with Gasteiger partial charge in [-0.2, -0.15) is 0 Å². The second-order valence-corrected chi connectivity index (χ2v) is 5.03. The zero-order chi connectivity index (χ0) is 13.2. The summed E-state index contributed by atoms with van der Waals surface area (Å²) in [5.74, 6) is -1.21. The molecule has 1 aromatic rings. The van der Waals surface area contributed by atoms with Crippen molar-refractivity contribution in [3.8, 4) is 0 Å². The predicted molar refractivity (Wildman–Crippen MR) is 64.3 cm³/mol. The number of hydrogen-bond acceptors (Lipinski definition) is 2. The van der Waals surface area contributed by atoms with Crippen LogP contribution < -0.4 is 0 Å². The van der Waals surface area contributed by atoms with Gasteiger partial charge in [-0.3, -0.25) is 0 Å². The van der Waals surface area contributed by atoms with Crippen LogP contribution in [0.4, 0.5) is 8.78 Å². The van der Waals surface area contributed by atoms with E-state index in [4.69, 9.17) is 4.74 Å². The first-order chi connectivity index (χ1) is 8.50. The summed E-state index contributed by atoms with van der Waals surface area (Å²) in [6.07, 6.45) is 2.15. The van der Waals surface area contributed by atoms with E-state index >= 15 is 0 Å². The van der Waals surface area contributed by atoms with Gasteiger partial charge in [0.25, 0.3) is 0 Å². The molecule has 18 heavy (non-hydrogen) atoms. The van der Waals surface area contributed by atoms with Gasteiger partial charge in [-0.15, -0.1) is 0 Å². The Morgan fingerprint density at radius 2 is 2.00 bits per heavy atom. The van der Waals surface area contributed by atoms with Crippen molar-refractivity contribution in [2.24, 2.45) is 0 Å². The van der Waals surface area contributed by atoms with Crippen molar-refractivity contribution in [1.82, 2.24) is 0 Å². The first-order valence-corrected chi connectivity index (χ1v) is 6.30. The van der Waals surface area contributed by atoms with E-state index in [1.807, 2.05) is 6.92 Å². The molecule has 0 saturated carbocycles. The molecule has 100 valence electrons. The normalized spacial score (nSPS) is 28.3. The van der Waals surface area contributed by atoms with Crippen LogP contribution in [0.15, 0.2) is 18.2 Å². The summed E-state index contributed by atoms with van der Waals surface area (Å²) in [5, 5.41) is 10.5. The summed E-state index contributed by atoms with van der Waals surface area (Å²) in [7, 11) is 0. The molecule has 1 aliphatic heterocycles. The third-order valence-electron chi connectivity index (χ3n) is 3.44. The smallest absolute Gasteiger partial charge is 0.126 e. The van der Waals surface area contributed by atoms with Crippen LogP contribution in [0.2, 0.25) is 0 Å². The number of rotatable bonds is 3. The Labute approximate surface area is 106 Å². The average molecular weight is 256 g/mol. The average Bonchev–Trinajstić information content (AvgIpc) is 2.26. The number of benzene rings is 1. The van der Waals surface area contributed by atoms with Gasteiger partial charge in [0.2, 0.25) is 0 Å². The van der Waals surface area contributed by atoms with Crippen molar-refractivity contribution in [3.05, 3.63) is 35.4 Å². The maximum absolute atomic E-state index is 13.1. The van der Waals surface area contributed by atoms with Gasteiger partial charge in [0, 0.05) is 25.5 Å². The number of halogens is 2. The summed E-state index contributed by atoms with van der Waals surface area (Å²) < 4.78 is 31.7. The molecule has 2 unspecified atom stereocenters. The fourth-order valence-corrected chi connectivity index (χ4v) is 2.52. The van der Waals surface area contributed by atoms with E-state index in [9.17, 15) is 13.9 Å². The van der Waals surface area contributed by atoms with Crippen LogP contribution >= 0.6 is 0 Å². The van der Waals surface area contributed by atoms with E-state index in [1.165, 1.54) is 12.1 Å². The highest BCUT2D eigenvalue weighted by atomic mass is 19.1. The Morgan fingerprint density at radius 3 is 2.61 bits per heavy atom. The summed E-state index contributed by atoms with van der Waals surface area (Å²) in [6.45, 7) is 2.49. The standard InChI is InChI=1S/C14H18F2O2/c1-2-13-9-14(17,3-4-18-13)8-10-5-11(15)7-12(16)6-10/h5-7,13,17H,2-4,8-9H2,1H3. The molecule has 1 fully saturated rings. The lowest BCUT2D eigenvalue weighted by molar-refractivity contribution is -0.103. The van der Waals surface area contributed by atoms with Gasteiger partial charge in [0.05, 0.1) is 11.7 Å². The Balaban J connectivity index is 2.11. The lowest BCUT2D eigenvalue weighted by Crippen LogP contribution is -2.42. The summed E-state index contributed by atoms with van der Waals surface area (Å²) in [4.78, 5) is 0. The summed E-state index contributed by atoms with van der Waals surface area (Å²) >= 11 is 0. The van der Waals surface area contributed by atoms with Crippen molar-refractivity contribution in [2.75, 3.05) is 6.61 Å². The summed E-state index contributed by atoms with van der Waals surface area (Å²) in [6, 6.07) is 3.39. The second-order valence-electron chi connectivity index (χ2n) is 5.03. The van der Waals surface area contributed by atoms with Crippen LogP contribution in [0.5, 0.6) is 0 Å². The van der Waals surface area contributed by atoms with Crippen LogP contribution in [-0.4, -0.2) is 23.4 Å². The minimum atomic E-state index is -0.918. The highest BCUT2D eigenvalue weighted by Gasteiger charge is 2.34. The fourth-order valence-electron chi connectivity index (χ4n) is 2.52. The molecule has 0 aliphatic carbocycles. The Bertz CT molecular complexity index is 402. The Hall–Kier alpha value is -1.00. The Morgan fingerprint density at radius 1 is 1.33 bits per heavy atom. The molecule has 2 nitrogen and oxygen atoms in total. The van der Waals surface area contributed by atoms with Gasteiger partial charge in [0.1, 0.15) is 11.6 Å². The molecule has 0 amide bonds. The van der Waals surface area contributed by atoms with E-state index in [-0.39, 0.29) is 12.5 Å². The van der Waals surface area contributed by atoms with Crippen LogP contribution in [-0.2, 0) is 11.2 Å². The zero-order valence-electron chi connectivity index (χ0n) is 10.5. The lowest BCUT2D eigenvalue weighted by atomic mass is 9.84. The zero-order valence-corrected chi connectivity index (χ0v) is 10.5. The third-order valence-corrected chi connectivity index (χ3v) is 3.44. The molecule has 1 saturated heterocycles. The van der Waals surface area contributed by atoms with Crippen molar-refractivity contribution in [3.63, 3.8) is 0 Å². The number of hydrogen-bond donors (Lipinski definition) is 1. The van der Waals surface area contributed by atoms with Gasteiger partial charge >= 0.3 is 0 Å². The highest BCUT2D eigenvalue weighted by Crippen LogP contribution is 2.30. The van der Waals surface area contributed by atoms with Crippen LogP contribution in [0.25, 0.3) is 0 Å². The lowest BCUT2D eigenvalue weighted by Gasteiger charge is -2.36. The van der Waals surface area contributed by atoms with Crippen LogP contribution in [0.1, 0.15) is 31.7 Å². The first kappa shape index (κ1) is 13.4. The molecule has 1 N–H and O–H groups in total. The molecular weight excluding hydrogens is 238 g/mol. The van der Waals surface area contributed by atoms with E-state index in [0.29, 0.717) is 25.0 Å². The minimum Gasteiger partial charge on any atom is -0.389 e. The van der Waals surface area contributed by atoms with Crippen LogP contribution in [0.3, 0.4) is 0 Å². The minimum absolute atomic E-state index is 0.0298.